The highest BCUT2D eigenvalue weighted by atomic mass is 15.1. The number of rotatable bonds is 9. The van der Waals surface area contributed by atoms with Crippen LogP contribution in [0.3, 0.4) is 0 Å². The minimum atomic E-state index is 0.575. The van der Waals surface area contributed by atoms with Crippen LogP contribution in [0, 0.1) is 0 Å². The first-order chi connectivity index (χ1) is 9.08. The second-order valence-electron chi connectivity index (χ2n) is 5.51. The van der Waals surface area contributed by atoms with Gasteiger partial charge in [0, 0.05) is 31.9 Å². The molecule has 0 aromatic carbocycles. The molecule has 1 unspecified atom stereocenters. The number of likely N-dealkylation sites (N-methyl/N-ethyl adjacent to an activating group) is 1. The molecule has 1 aromatic heterocycles. The van der Waals surface area contributed by atoms with E-state index in [0.717, 1.165) is 31.9 Å². The zero-order valence-electron chi connectivity index (χ0n) is 12.8. The molecule has 0 aliphatic rings. The lowest BCUT2D eigenvalue weighted by molar-refractivity contribution is 0.306. The van der Waals surface area contributed by atoms with Crippen molar-refractivity contribution in [3.63, 3.8) is 0 Å². The fourth-order valence-corrected chi connectivity index (χ4v) is 1.90. The van der Waals surface area contributed by atoms with E-state index in [9.17, 15) is 0 Å². The molecule has 0 aliphatic carbocycles. The van der Waals surface area contributed by atoms with Crippen LogP contribution in [-0.4, -0.2) is 61.6 Å². The summed E-state index contributed by atoms with van der Waals surface area (Å²) in [5, 5.41) is 3.57. The summed E-state index contributed by atoms with van der Waals surface area (Å²) in [5.41, 5.74) is 1.13. The molecule has 0 saturated heterocycles. The zero-order chi connectivity index (χ0) is 14.1. The number of hydrogen-bond donors (Lipinski definition) is 1. The first-order valence-corrected chi connectivity index (χ1v) is 7.04. The maximum absolute atomic E-state index is 4.34. The van der Waals surface area contributed by atoms with Gasteiger partial charge in [-0.15, -0.1) is 0 Å². The Morgan fingerprint density at radius 1 is 1.21 bits per heavy atom. The van der Waals surface area contributed by atoms with Crippen molar-refractivity contribution in [3.8, 4) is 0 Å². The third kappa shape index (κ3) is 7.93. The van der Waals surface area contributed by atoms with Crippen LogP contribution < -0.4 is 5.32 Å². The molecule has 19 heavy (non-hydrogen) atoms. The molecule has 0 amide bonds. The van der Waals surface area contributed by atoms with Crippen LogP contribution in [0.5, 0.6) is 0 Å². The van der Waals surface area contributed by atoms with Gasteiger partial charge in [-0.25, -0.2) is 0 Å². The first-order valence-electron chi connectivity index (χ1n) is 7.04. The summed E-state index contributed by atoms with van der Waals surface area (Å²) in [7, 11) is 6.38. The van der Waals surface area contributed by atoms with E-state index >= 15 is 0 Å². The normalized spacial score (nSPS) is 13.2. The Bertz CT molecular complexity index is 326. The molecule has 0 fully saturated rings. The number of aromatic nitrogens is 1. The van der Waals surface area contributed by atoms with Crippen molar-refractivity contribution in [1.82, 2.24) is 20.1 Å². The molecule has 1 rings (SSSR count). The van der Waals surface area contributed by atoms with E-state index in [-0.39, 0.29) is 0 Å². The number of pyridine rings is 1. The minimum absolute atomic E-state index is 0.575. The highest BCUT2D eigenvalue weighted by molar-refractivity contribution is 5.02. The Balaban J connectivity index is 2.11. The summed E-state index contributed by atoms with van der Waals surface area (Å²) in [5.74, 6) is 0. The predicted octanol–water partition coefficient (Wildman–Crippen LogP) is 1.44. The third-order valence-electron chi connectivity index (χ3n) is 3.15. The molecular formula is C15H28N4. The molecule has 1 heterocycles. The van der Waals surface area contributed by atoms with E-state index in [0.29, 0.717) is 6.04 Å². The van der Waals surface area contributed by atoms with Crippen LogP contribution in [0.1, 0.15) is 19.0 Å². The molecule has 4 heteroatoms. The average Bonchev–Trinajstić information content (AvgIpc) is 2.37. The molecule has 108 valence electrons. The van der Waals surface area contributed by atoms with Crippen molar-refractivity contribution in [2.24, 2.45) is 0 Å². The lowest BCUT2D eigenvalue weighted by Gasteiger charge is -2.20. The van der Waals surface area contributed by atoms with E-state index in [2.05, 4.69) is 54.2 Å². The fourth-order valence-electron chi connectivity index (χ4n) is 1.90. The lowest BCUT2D eigenvalue weighted by atomic mass is 10.2. The van der Waals surface area contributed by atoms with Gasteiger partial charge in [-0.1, -0.05) is 6.07 Å². The van der Waals surface area contributed by atoms with Crippen molar-refractivity contribution in [2.75, 3.05) is 40.8 Å². The van der Waals surface area contributed by atoms with Crippen LogP contribution in [0.15, 0.2) is 24.4 Å². The molecule has 0 radical (unpaired) electrons. The van der Waals surface area contributed by atoms with Crippen LogP contribution in [0.2, 0.25) is 0 Å². The fraction of sp³-hybridized carbons (Fsp3) is 0.667. The molecule has 0 bridgehead atoms. The average molecular weight is 264 g/mol. The van der Waals surface area contributed by atoms with E-state index in [1.807, 2.05) is 18.3 Å². The van der Waals surface area contributed by atoms with Gasteiger partial charge in [0.15, 0.2) is 0 Å². The Morgan fingerprint density at radius 3 is 2.63 bits per heavy atom. The summed E-state index contributed by atoms with van der Waals surface area (Å²) >= 11 is 0. The van der Waals surface area contributed by atoms with Crippen molar-refractivity contribution in [1.29, 1.82) is 0 Å². The van der Waals surface area contributed by atoms with Gasteiger partial charge in [-0.3, -0.25) is 9.88 Å². The van der Waals surface area contributed by atoms with Crippen LogP contribution in [0.25, 0.3) is 0 Å². The van der Waals surface area contributed by atoms with Gasteiger partial charge in [-0.2, -0.15) is 0 Å². The first kappa shape index (κ1) is 16.1. The van der Waals surface area contributed by atoms with Crippen LogP contribution >= 0.6 is 0 Å². The van der Waals surface area contributed by atoms with E-state index in [1.54, 1.807) is 0 Å². The summed E-state index contributed by atoms with van der Waals surface area (Å²) < 4.78 is 0. The SMILES string of the molecule is CC(CCN(C)C)NCCN(C)Cc1ccccn1. The molecule has 1 atom stereocenters. The Hall–Kier alpha value is -0.970. The molecule has 0 saturated carbocycles. The van der Waals surface area contributed by atoms with Gasteiger partial charge < -0.3 is 10.2 Å². The van der Waals surface area contributed by atoms with Crippen molar-refractivity contribution >= 4 is 0 Å². The van der Waals surface area contributed by atoms with Gasteiger partial charge in [0.1, 0.15) is 0 Å². The van der Waals surface area contributed by atoms with E-state index in [1.165, 1.54) is 6.42 Å². The summed E-state index contributed by atoms with van der Waals surface area (Å²) in [6, 6.07) is 6.64. The Morgan fingerprint density at radius 2 is 2.00 bits per heavy atom. The molecule has 1 N–H and O–H groups in total. The van der Waals surface area contributed by atoms with Crippen molar-refractivity contribution in [3.05, 3.63) is 30.1 Å². The smallest absolute Gasteiger partial charge is 0.0543 e. The number of nitrogens with one attached hydrogen (secondary N) is 1. The molecule has 0 aliphatic heterocycles. The minimum Gasteiger partial charge on any atom is -0.313 e. The topological polar surface area (TPSA) is 31.4 Å². The third-order valence-corrected chi connectivity index (χ3v) is 3.15. The highest BCUT2D eigenvalue weighted by Crippen LogP contribution is 1.98. The van der Waals surface area contributed by atoms with Gasteiger partial charge in [-0.05, 0) is 53.2 Å². The van der Waals surface area contributed by atoms with Crippen molar-refractivity contribution < 1.29 is 0 Å². The van der Waals surface area contributed by atoms with Crippen LogP contribution in [-0.2, 0) is 6.54 Å². The zero-order valence-corrected chi connectivity index (χ0v) is 12.8. The summed E-state index contributed by atoms with van der Waals surface area (Å²) in [6.07, 6.45) is 3.04. The second-order valence-corrected chi connectivity index (χ2v) is 5.51. The molecular weight excluding hydrogens is 236 g/mol. The molecule has 4 nitrogen and oxygen atoms in total. The van der Waals surface area contributed by atoms with Gasteiger partial charge in [0.05, 0.1) is 5.69 Å². The van der Waals surface area contributed by atoms with Crippen molar-refractivity contribution in [2.45, 2.75) is 25.9 Å². The Kier molecular flexibility index (Phi) is 7.63. The largest absolute Gasteiger partial charge is 0.313 e. The second kappa shape index (κ2) is 9.02. The maximum Gasteiger partial charge on any atom is 0.0543 e. The van der Waals surface area contributed by atoms with Gasteiger partial charge in [0.25, 0.3) is 0 Å². The predicted molar refractivity (Wildman–Crippen MR) is 81.2 cm³/mol. The summed E-state index contributed by atoms with van der Waals surface area (Å²) in [6.45, 7) is 6.37. The molecule has 1 aromatic rings. The van der Waals surface area contributed by atoms with Crippen LogP contribution in [0.4, 0.5) is 0 Å². The van der Waals surface area contributed by atoms with Gasteiger partial charge >= 0.3 is 0 Å². The standard InChI is InChI=1S/C15H28N4/c1-14(8-11-18(2)3)16-10-12-19(4)13-15-7-5-6-9-17-15/h5-7,9,14,16H,8,10-13H2,1-4H3. The lowest BCUT2D eigenvalue weighted by Crippen LogP contribution is -2.35. The maximum atomic E-state index is 4.34. The van der Waals surface area contributed by atoms with E-state index < -0.39 is 0 Å². The number of nitrogens with zero attached hydrogens (tertiary/aromatic N) is 3. The highest BCUT2D eigenvalue weighted by Gasteiger charge is 2.04. The van der Waals surface area contributed by atoms with E-state index in [4.69, 9.17) is 0 Å². The number of hydrogen-bond acceptors (Lipinski definition) is 4. The summed E-state index contributed by atoms with van der Waals surface area (Å²) in [4.78, 5) is 8.87. The van der Waals surface area contributed by atoms with Gasteiger partial charge in [0.2, 0.25) is 0 Å². The monoisotopic (exact) mass is 264 g/mol. The quantitative estimate of drug-likeness (QED) is 0.731. The molecule has 0 spiro atoms. The Labute approximate surface area is 117 Å².